The number of amides is 1. The number of nitrogens with zero attached hydrogens (tertiary/aromatic N) is 4. The van der Waals surface area contributed by atoms with Crippen molar-refractivity contribution in [3.05, 3.63) is 76.8 Å². The zero-order chi connectivity index (χ0) is 27.3. The number of alkyl halides is 3. The Morgan fingerprint density at radius 3 is 2.74 bits per heavy atom. The third-order valence-electron chi connectivity index (χ3n) is 6.71. The van der Waals surface area contributed by atoms with E-state index < -0.39 is 23.5 Å². The van der Waals surface area contributed by atoms with Gasteiger partial charge < -0.3 is 19.9 Å². The van der Waals surface area contributed by atoms with Crippen LogP contribution < -0.4 is 16.3 Å². The summed E-state index contributed by atoms with van der Waals surface area (Å²) in [5.41, 5.74) is 1.77. The van der Waals surface area contributed by atoms with Crippen molar-refractivity contribution >= 4 is 17.4 Å². The molecule has 0 saturated carbocycles. The Morgan fingerprint density at radius 2 is 2.00 bits per heavy atom. The van der Waals surface area contributed by atoms with Crippen molar-refractivity contribution in [1.29, 1.82) is 0 Å². The Balaban J connectivity index is 1.39. The Morgan fingerprint density at radius 1 is 1.18 bits per heavy atom. The number of nitrogens with one attached hydrogen (secondary N) is 2. The second-order valence-electron chi connectivity index (χ2n) is 9.43. The van der Waals surface area contributed by atoms with Crippen LogP contribution in [0.4, 0.5) is 29.1 Å². The lowest BCUT2D eigenvalue weighted by molar-refractivity contribution is -0.137. The fourth-order valence-electron chi connectivity index (χ4n) is 4.68. The van der Waals surface area contributed by atoms with Gasteiger partial charge in [-0.25, -0.2) is 14.4 Å². The molecular weight excluding hydrogens is 516 g/mol. The Labute approximate surface area is 219 Å². The number of benzene rings is 2. The number of anilines is 2. The van der Waals surface area contributed by atoms with Crippen LogP contribution in [-0.2, 0) is 17.5 Å². The minimum Gasteiger partial charge on any atom is -0.377 e. The first-order valence-electron chi connectivity index (χ1n) is 12.2. The number of aryl methyl sites for hydroxylation is 1. The molecule has 0 unspecified atom stereocenters. The Bertz CT molecular complexity index is 1640. The molecule has 6 rings (SSSR count). The van der Waals surface area contributed by atoms with Gasteiger partial charge in [-0.3, -0.25) is 4.79 Å². The number of ether oxygens (including phenoxy) is 1. The van der Waals surface area contributed by atoms with Crippen molar-refractivity contribution in [2.24, 2.45) is 4.99 Å². The van der Waals surface area contributed by atoms with Gasteiger partial charge in [-0.1, -0.05) is 6.07 Å². The number of aromatic nitrogens is 3. The van der Waals surface area contributed by atoms with Gasteiger partial charge in [-0.05, 0) is 54.4 Å². The van der Waals surface area contributed by atoms with Gasteiger partial charge in [-0.2, -0.15) is 18.2 Å². The van der Waals surface area contributed by atoms with Crippen molar-refractivity contribution in [1.82, 2.24) is 14.5 Å². The van der Waals surface area contributed by atoms with Crippen molar-refractivity contribution < 1.29 is 27.1 Å². The number of pyridine rings is 1. The van der Waals surface area contributed by atoms with Gasteiger partial charge in [0.15, 0.2) is 0 Å². The molecule has 1 fully saturated rings. The summed E-state index contributed by atoms with van der Waals surface area (Å²) in [5, 5.41) is 5.78. The Hall–Kier alpha value is -4.32. The van der Waals surface area contributed by atoms with Crippen molar-refractivity contribution in [2.75, 3.05) is 30.4 Å². The maximum atomic E-state index is 14.9. The predicted octanol–water partition coefficient (Wildman–Crippen LogP) is 4.49. The van der Waals surface area contributed by atoms with Gasteiger partial charge in [0.1, 0.15) is 23.5 Å². The Kier molecular flexibility index (Phi) is 6.06. The summed E-state index contributed by atoms with van der Waals surface area (Å²) in [6.07, 6.45) is -2.92. The van der Waals surface area contributed by atoms with Crippen LogP contribution in [0.25, 0.3) is 22.5 Å². The van der Waals surface area contributed by atoms with Crippen LogP contribution in [0.1, 0.15) is 21.5 Å². The lowest BCUT2D eigenvalue weighted by Crippen LogP contribution is -2.34. The molecule has 1 amide bonds. The summed E-state index contributed by atoms with van der Waals surface area (Å²) in [6.45, 7) is 4.12. The fourth-order valence-corrected chi connectivity index (χ4v) is 4.68. The van der Waals surface area contributed by atoms with E-state index >= 15 is 0 Å². The van der Waals surface area contributed by atoms with Crippen LogP contribution in [0.3, 0.4) is 0 Å². The molecule has 0 radical (unpaired) electrons. The number of halogens is 4. The highest BCUT2D eigenvalue weighted by atomic mass is 19.4. The molecular formula is C27H22F4N6O2. The molecule has 12 heteroatoms. The molecule has 0 aromatic heterocycles. The third kappa shape index (κ3) is 4.71. The van der Waals surface area contributed by atoms with E-state index in [1.165, 1.54) is 18.2 Å². The lowest BCUT2D eigenvalue weighted by Gasteiger charge is -2.21. The van der Waals surface area contributed by atoms with E-state index in [0.29, 0.717) is 48.9 Å². The zero-order valence-corrected chi connectivity index (χ0v) is 20.6. The fraction of sp³-hybridized carbons (Fsp3) is 0.259. The first-order valence-corrected chi connectivity index (χ1v) is 12.2. The summed E-state index contributed by atoms with van der Waals surface area (Å²) < 4.78 is 61.4. The smallest absolute Gasteiger partial charge is 0.377 e. The number of carbonyl (C=O) groups is 1. The van der Waals surface area contributed by atoms with E-state index in [0.717, 1.165) is 35.1 Å². The SMILES string of the molecule is Cc1cc(F)c(NC(=O)c2cccc(C(F)(F)F)c2)cc1-c1cc2cnc(=NC3COC3)nc-2n2c1NCC2. The van der Waals surface area contributed by atoms with E-state index in [2.05, 4.69) is 25.6 Å². The topological polar surface area (TPSA) is 93.4 Å². The molecule has 4 aliphatic heterocycles. The average molecular weight is 539 g/mol. The van der Waals surface area contributed by atoms with E-state index in [1.54, 1.807) is 13.1 Å². The summed E-state index contributed by atoms with van der Waals surface area (Å²) in [5.74, 6) is -0.0914. The highest BCUT2D eigenvalue weighted by Crippen LogP contribution is 2.39. The maximum Gasteiger partial charge on any atom is 0.416 e. The largest absolute Gasteiger partial charge is 0.416 e. The molecule has 4 aliphatic rings. The molecule has 4 heterocycles. The van der Waals surface area contributed by atoms with E-state index in [-0.39, 0.29) is 17.3 Å². The quantitative estimate of drug-likeness (QED) is 0.374. The van der Waals surface area contributed by atoms with Gasteiger partial charge in [0, 0.05) is 36.0 Å². The molecule has 0 bridgehead atoms. The molecule has 39 heavy (non-hydrogen) atoms. The van der Waals surface area contributed by atoms with E-state index in [9.17, 15) is 22.4 Å². The van der Waals surface area contributed by atoms with Gasteiger partial charge in [-0.15, -0.1) is 0 Å². The van der Waals surface area contributed by atoms with E-state index in [4.69, 9.17) is 4.74 Å². The molecule has 0 atom stereocenters. The molecule has 2 aromatic rings. The van der Waals surface area contributed by atoms with Gasteiger partial charge in [0.25, 0.3) is 5.91 Å². The van der Waals surface area contributed by atoms with Crippen LogP contribution in [0, 0.1) is 12.7 Å². The highest BCUT2D eigenvalue weighted by Gasteiger charge is 2.31. The molecule has 2 aromatic carbocycles. The summed E-state index contributed by atoms with van der Waals surface area (Å²) >= 11 is 0. The van der Waals surface area contributed by atoms with Crippen LogP contribution in [0.5, 0.6) is 0 Å². The maximum absolute atomic E-state index is 14.9. The number of carbonyl (C=O) groups excluding carboxylic acids is 1. The third-order valence-corrected chi connectivity index (χ3v) is 6.71. The molecule has 0 spiro atoms. The summed E-state index contributed by atoms with van der Waals surface area (Å²) in [7, 11) is 0. The van der Waals surface area contributed by atoms with Gasteiger partial charge in [0.05, 0.1) is 24.5 Å². The van der Waals surface area contributed by atoms with Gasteiger partial charge in [0.2, 0.25) is 5.62 Å². The minimum absolute atomic E-state index is 0.0457. The molecule has 2 N–H and O–H groups in total. The van der Waals surface area contributed by atoms with Crippen LogP contribution in [0.15, 0.2) is 53.7 Å². The average Bonchev–Trinajstić information content (AvgIpc) is 3.37. The standard InChI is InChI=1S/C27H22F4N6O2/c1-14-7-21(28)22(35-25(38)15-3-2-4-17(8-15)27(29,30)31)10-19(14)20-9-16-11-33-26(34-18-12-39-13-18)36-23(16)37-6-5-32-24(20)37/h2-4,7-11,18,32H,5-6,12-13H2,1H3,(H,35,38). The monoisotopic (exact) mass is 538 g/mol. The minimum atomic E-state index is -4.61. The van der Waals surface area contributed by atoms with Crippen LogP contribution in [-0.4, -0.2) is 46.2 Å². The molecule has 1 saturated heterocycles. The van der Waals surface area contributed by atoms with Crippen molar-refractivity contribution in [3.8, 4) is 22.5 Å². The predicted molar refractivity (Wildman–Crippen MR) is 135 cm³/mol. The first-order chi connectivity index (χ1) is 18.7. The second kappa shape index (κ2) is 9.45. The van der Waals surface area contributed by atoms with E-state index in [1.807, 2.05) is 10.6 Å². The summed E-state index contributed by atoms with van der Waals surface area (Å²) in [4.78, 5) is 26.3. The molecule has 200 valence electrons. The number of hydrogen-bond donors (Lipinski definition) is 2. The molecule has 8 nitrogen and oxygen atoms in total. The number of rotatable bonds is 4. The first kappa shape index (κ1) is 25.0. The highest BCUT2D eigenvalue weighted by molar-refractivity contribution is 6.05. The second-order valence-corrected chi connectivity index (χ2v) is 9.43. The summed E-state index contributed by atoms with van der Waals surface area (Å²) in [6, 6.07) is 8.68. The van der Waals surface area contributed by atoms with Crippen LogP contribution >= 0.6 is 0 Å². The van der Waals surface area contributed by atoms with Crippen LogP contribution in [0.2, 0.25) is 0 Å². The van der Waals surface area contributed by atoms with Crippen molar-refractivity contribution in [3.63, 3.8) is 0 Å². The number of hydrogen-bond acceptors (Lipinski definition) is 6. The van der Waals surface area contributed by atoms with Crippen molar-refractivity contribution in [2.45, 2.75) is 25.7 Å². The normalized spacial score (nSPS) is 15.7. The lowest BCUT2D eigenvalue weighted by atomic mass is 9.97. The molecule has 0 aliphatic carbocycles. The van der Waals surface area contributed by atoms with Gasteiger partial charge >= 0.3 is 6.18 Å². The zero-order valence-electron chi connectivity index (χ0n) is 20.6. The number of fused-ring (bicyclic) bond motifs is 3.